The van der Waals surface area contributed by atoms with E-state index >= 15 is 0 Å². The Balaban J connectivity index is 3.54. The van der Waals surface area contributed by atoms with Crippen LogP contribution in [0.3, 0.4) is 0 Å². The average Bonchev–Trinajstić information content (AvgIpc) is 2.12. The van der Waals surface area contributed by atoms with Crippen LogP contribution >= 0.6 is 11.8 Å². The molecule has 0 aromatic heterocycles. The van der Waals surface area contributed by atoms with Crippen molar-refractivity contribution in [2.45, 2.75) is 44.4 Å². The second-order valence-corrected chi connectivity index (χ2v) is 7.82. The molecule has 0 saturated carbocycles. The Morgan fingerprint density at radius 1 is 1.40 bits per heavy atom. The maximum Gasteiger partial charge on any atom is 0.147 e. The molecule has 15 heavy (non-hydrogen) atoms. The van der Waals surface area contributed by atoms with Crippen molar-refractivity contribution in [3.63, 3.8) is 0 Å². The van der Waals surface area contributed by atoms with Gasteiger partial charge in [0.2, 0.25) is 0 Å². The Morgan fingerprint density at radius 3 is 2.47 bits per heavy atom. The maximum absolute atomic E-state index is 10.9. The molecule has 0 aliphatic carbocycles. The van der Waals surface area contributed by atoms with Crippen molar-refractivity contribution < 1.29 is 8.42 Å². The summed E-state index contributed by atoms with van der Waals surface area (Å²) in [5, 5.41) is 0.644. The molecule has 2 atom stereocenters. The van der Waals surface area contributed by atoms with E-state index in [0.717, 1.165) is 18.6 Å². The lowest BCUT2D eigenvalue weighted by Crippen LogP contribution is -2.24. The number of thioether (sulfide) groups is 1. The summed E-state index contributed by atoms with van der Waals surface area (Å²) in [7, 11) is -2.82. The van der Waals surface area contributed by atoms with Gasteiger partial charge in [-0.05, 0) is 19.3 Å². The van der Waals surface area contributed by atoms with E-state index in [4.69, 9.17) is 5.73 Å². The number of rotatable bonds is 8. The highest BCUT2D eigenvalue weighted by Crippen LogP contribution is 2.15. The van der Waals surface area contributed by atoms with Crippen LogP contribution in [0.2, 0.25) is 0 Å². The highest BCUT2D eigenvalue weighted by atomic mass is 32.2. The predicted octanol–water partition coefficient (Wildman–Crippen LogP) is 1.67. The summed E-state index contributed by atoms with van der Waals surface area (Å²) in [5.74, 6) is 1.19. The summed E-state index contributed by atoms with van der Waals surface area (Å²) >= 11 is 1.87. The van der Waals surface area contributed by atoms with Crippen LogP contribution in [0.25, 0.3) is 0 Å². The van der Waals surface area contributed by atoms with Crippen LogP contribution in [0.1, 0.15) is 33.1 Å². The minimum atomic E-state index is -2.82. The van der Waals surface area contributed by atoms with Gasteiger partial charge in [-0.3, -0.25) is 0 Å². The first-order valence-corrected chi connectivity index (χ1v) is 8.51. The number of hydrogen-bond donors (Lipinski definition) is 1. The van der Waals surface area contributed by atoms with E-state index in [9.17, 15) is 8.42 Å². The van der Waals surface area contributed by atoms with Crippen LogP contribution in [0.4, 0.5) is 0 Å². The van der Waals surface area contributed by atoms with Gasteiger partial charge in [0.15, 0.2) is 0 Å². The Morgan fingerprint density at radius 2 is 2.00 bits per heavy atom. The first kappa shape index (κ1) is 15.3. The topological polar surface area (TPSA) is 60.2 Å². The lowest BCUT2D eigenvalue weighted by molar-refractivity contribution is 0.591. The molecule has 0 amide bonds. The molecule has 0 rings (SSSR count). The third kappa shape index (κ3) is 10.5. The van der Waals surface area contributed by atoms with Crippen molar-refractivity contribution in [1.29, 1.82) is 0 Å². The van der Waals surface area contributed by atoms with E-state index < -0.39 is 9.84 Å². The van der Waals surface area contributed by atoms with Crippen molar-refractivity contribution in [3.8, 4) is 0 Å². The Bertz CT molecular complexity index is 252. The van der Waals surface area contributed by atoms with E-state index in [1.165, 1.54) is 6.26 Å². The van der Waals surface area contributed by atoms with Crippen LogP contribution in [0.5, 0.6) is 0 Å². The normalized spacial score (nSPS) is 16.3. The Kier molecular flexibility index (Phi) is 7.65. The van der Waals surface area contributed by atoms with Crippen LogP contribution in [0.15, 0.2) is 0 Å². The smallest absolute Gasteiger partial charge is 0.147 e. The molecule has 5 heteroatoms. The van der Waals surface area contributed by atoms with Gasteiger partial charge in [0.1, 0.15) is 9.84 Å². The zero-order valence-corrected chi connectivity index (χ0v) is 11.5. The van der Waals surface area contributed by atoms with E-state index in [1.807, 2.05) is 11.8 Å². The van der Waals surface area contributed by atoms with Crippen LogP contribution in [0, 0.1) is 0 Å². The lowest BCUT2D eigenvalue weighted by Gasteiger charge is -2.13. The molecular formula is C10H23NO2S2. The van der Waals surface area contributed by atoms with Crippen molar-refractivity contribution >= 4 is 21.6 Å². The molecule has 0 aromatic rings. The number of hydrogen-bond acceptors (Lipinski definition) is 4. The summed E-state index contributed by atoms with van der Waals surface area (Å²) in [5.41, 5.74) is 5.89. The van der Waals surface area contributed by atoms with Gasteiger partial charge in [0, 0.05) is 29.1 Å². The Labute approximate surface area is 98.1 Å². The molecule has 2 unspecified atom stereocenters. The van der Waals surface area contributed by atoms with Gasteiger partial charge < -0.3 is 5.73 Å². The fraction of sp³-hybridized carbons (Fsp3) is 1.00. The van der Waals surface area contributed by atoms with Crippen LogP contribution < -0.4 is 5.73 Å². The van der Waals surface area contributed by atoms with Crippen molar-refractivity contribution in [3.05, 3.63) is 0 Å². The minimum absolute atomic E-state index is 0.130. The highest BCUT2D eigenvalue weighted by Gasteiger charge is 2.08. The molecule has 0 spiro atoms. The van der Waals surface area contributed by atoms with Gasteiger partial charge in [-0.15, -0.1) is 0 Å². The zero-order chi connectivity index (χ0) is 11.9. The van der Waals surface area contributed by atoms with Crippen LogP contribution in [-0.2, 0) is 9.84 Å². The summed E-state index contributed by atoms with van der Waals surface area (Å²) in [6.07, 6.45) is 3.91. The third-order valence-corrected chi connectivity index (χ3v) is 4.81. The van der Waals surface area contributed by atoms with E-state index in [2.05, 4.69) is 13.8 Å². The molecule has 0 heterocycles. The summed E-state index contributed by atoms with van der Waals surface area (Å²) in [4.78, 5) is 0. The monoisotopic (exact) mass is 253 g/mol. The lowest BCUT2D eigenvalue weighted by atomic mass is 10.2. The molecule has 0 saturated heterocycles. The number of nitrogens with two attached hydrogens (primary N) is 1. The first-order valence-electron chi connectivity index (χ1n) is 5.40. The summed E-state index contributed by atoms with van der Waals surface area (Å²) in [6.45, 7) is 4.35. The third-order valence-electron chi connectivity index (χ3n) is 2.26. The van der Waals surface area contributed by atoms with Crippen molar-refractivity contribution in [1.82, 2.24) is 0 Å². The second-order valence-electron chi connectivity index (χ2n) is 4.08. The maximum atomic E-state index is 10.9. The quantitative estimate of drug-likeness (QED) is 0.715. The average molecular weight is 253 g/mol. The molecule has 0 radical (unpaired) electrons. The van der Waals surface area contributed by atoms with E-state index in [1.54, 1.807) is 0 Å². The standard InChI is InChI=1S/C10H23NO2S2/c1-4-9(2)14-8-10(11)6-5-7-15(3,12)13/h9-10H,4-8,11H2,1-3H3. The van der Waals surface area contributed by atoms with Gasteiger partial charge in [-0.2, -0.15) is 11.8 Å². The SMILES string of the molecule is CCC(C)SCC(N)CCCS(C)(=O)=O. The highest BCUT2D eigenvalue weighted by molar-refractivity contribution is 7.99. The number of sulfone groups is 1. The molecule has 0 fully saturated rings. The summed E-state index contributed by atoms with van der Waals surface area (Å²) in [6, 6.07) is 0.130. The van der Waals surface area contributed by atoms with Gasteiger partial charge in [0.05, 0.1) is 0 Å². The minimum Gasteiger partial charge on any atom is -0.327 e. The van der Waals surface area contributed by atoms with Crippen molar-refractivity contribution in [2.75, 3.05) is 17.8 Å². The molecule has 0 bridgehead atoms. The fourth-order valence-corrected chi connectivity index (χ4v) is 2.77. The Hall–Kier alpha value is 0.260. The molecular weight excluding hydrogens is 230 g/mol. The summed E-state index contributed by atoms with van der Waals surface area (Å²) < 4.78 is 21.8. The molecule has 0 aromatic carbocycles. The fourth-order valence-electron chi connectivity index (χ4n) is 1.10. The zero-order valence-electron chi connectivity index (χ0n) is 9.90. The molecule has 92 valence electrons. The molecule has 3 nitrogen and oxygen atoms in total. The van der Waals surface area contributed by atoms with E-state index in [0.29, 0.717) is 11.7 Å². The predicted molar refractivity (Wildman–Crippen MR) is 69.1 cm³/mol. The molecule has 2 N–H and O–H groups in total. The molecule has 0 aliphatic rings. The van der Waals surface area contributed by atoms with Gasteiger partial charge in [0.25, 0.3) is 0 Å². The van der Waals surface area contributed by atoms with Gasteiger partial charge >= 0.3 is 0 Å². The van der Waals surface area contributed by atoms with Crippen LogP contribution in [-0.4, -0.2) is 37.5 Å². The second kappa shape index (κ2) is 7.52. The first-order chi connectivity index (χ1) is 6.85. The largest absolute Gasteiger partial charge is 0.327 e. The van der Waals surface area contributed by atoms with Gasteiger partial charge in [-0.25, -0.2) is 8.42 Å². The van der Waals surface area contributed by atoms with Crippen molar-refractivity contribution in [2.24, 2.45) is 5.73 Å². The van der Waals surface area contributed by atoms with Gasteiger partial charge in [-0.1, -0.05) is 13.8 Å². The van der Waals surface area contributed by atoms with E-state index in [-0.39, 0.29) is 11.8 Å². The molecule has 0 aliphatic heterocycles.